The molecule has 2 aliphatic rings. The molecule has 1 saturated carbocycles. The number of carbonyl (C=O) groups excluding carboxylic acids is 3. The van der Waals surface area contributed by atoms with Crippen LogP contribution < -0.4 is 4.90 Å². The summed E-state index contributed by atoms with van der Waals surface area (Å²) in [7, 11) is 1.63. The lowest BCUT2D eigenvalue weighted by atomic mass is 9.79. The van der Waals surface area contributed by atoms with E-state index in [0.29, 0.717) is 24.1 Å². The van der Waals surface area contributed by atoms with Gasteiger partial charge in [0.25, 0.3) is 0 Å². The van der Waals surface area contributed by atoms with Crippen molar-refractivity contribution in [1.82, 2.24) is 0 Å². The number of anilines is 1. The van der Waals surface area contributed by atoms with Gasteiger partial charge in [0.2, 0.25) is 11.8 Å². The van der Waals surface area contributed by atoms with Gasteiger partial charge in [-0.25, -0.2) is 4.79 Å². The van der Waals surface area contributed by atoms with Gasteiger partial charge in [0.1, 0.15) is 6.79 Å². The van der Waals surface area contributed by atoms with Crippen molar-refractivity contribution >= 4 is 36.3 Å². The third kappa shape index (κ3) is 3.88. The standard InChI is InChI=1S/C18H19NO5.CH2O/c1-24-13-7-8-14-15(10-13)18(23)19(17(14)22)12-5-2-11(3-6-12)4-9-16(20)21;1-2/h2-6,9,13-15H,7-8,10H2,1H3,(H,20,21);1H2. The molecule has 7 nitrogen and oxygen atoms in total. The molecule has 0 bridgehead atoms. The third-order valence-corrected chi connectivity index (χ3v) is 4.78. The SMILES string of the molecule is C=O.COC1CCC2C(=O)N(c3ccc(C=CC(=O)O)cc3)C(=O)C2C1. The van der Waals surface area contributed by atoms with Crippen LogP contribution in [0.25, 0.3) is 6.08 Å². The van der Waals surface area contributed by atoms with E-state index in [0.717, 1.165) is 12.5 Å². The van der Waals surface area contributed by atoms with Crippen LogP contribution in [-0.2, 0) is 23.9 Å². The first kappa shape index (κ1) is 19.5. The number of methoxy groups -OCH3 is 1. The van der Waals surface area contributed by atoms with Crippen LogP contribution in [0.4, 0.5) is 5.69 Å². The smallest absolute Gasteiger partial charge is 0.328 e. The van der Waals surface area contributed by atoms with Crippen molar-refractivity contribution in [1.29, 1.82) is 0 Å². The summed E-state index contributed by atoms with van der Waals surface area (Å²) < 4.78 is 5.35. The number of carboxylic acids is 1. The number of ether oxygens (including phenoxy) is 1. The second-order valence-corrected chi connectivity index (χ2v) is 6.16. The molecule has 1 aromatic carbocycles. The molecule has 138 valence electrons. The van der Waals surface area contributed by atoms with Crippen molar-refractivity contribution in [2.45, 2.75) is 25.4 Å². The van der Waals surface area contributed by atoms with E-state index < -0.39 is 5.97 Å². The van der Waals surface area contributed by atoms with Crippen LogP contribution in [-0.4, -0.2) is 42.9 Å². The van der Waals surface area contributed by atoms with Crippen molar-refractivity contribution in [3.63, 3.8) is 0 Å². The Labute approximate surface area is 151 Å². The highest BCUT2D eigenvalue weighted by atomic mass is 16.5. The molecule has 0 radical (unpaired) electrons. The van der Waals surface area contributed by atoms with Crippen LogP contribution in [0.15, 0.2) is 30.3 Å². The number of fused-ring (bicyclic) bond motifs is 1. The molecule has 7 heteroatoms. The van der Waals surface area contributed by atoms with Gasteiger partial charge in [0.15, 0.2) is 0 Å². The first-order chi connectivity index (χ1) is 12.5. The minimum absolute atomic E-state index is 0.0338. The first-order valence-corrected chi connectivity index (χ1v) is 8.22. The van der Waals surface area contributed by atoms with Crippen molar-refractivity contribution < 1.29 is 29.0 Å². The van der Waals surface area contributed by atoms with E-state index in [1.165, 1.54) is 11.0 Å². The van der Waals surface area contributed by atoms with Gasteiger partial charge >= 0.3 is 5.97 Å². The maximum Gasteiger partial charge on any atom is 0.328 e. The van der Waals surface area contributed by atoms with E-state index >= 15 is 0 Å². The van der Waals surface area contributed by atoms with Crippen LogP contribution in [0.2, 0.25) is 0 Å². The molecule has 1 aromatic rings. The number of hydrogen-bond donors (Lipinski definition) is 1. The molecule has 1 heterocycles. The second-order valence-electron chi connectivity index (χ2n) is 6.16. The topological polar surface area (TPSA) is 101 Å². The molecule has 1 N–H and O–H groups in total. The third-order valence-electron chi connectivity index (χ3n) is 4.78. The fourth-order valence-corrected chi connectivity index (χ4v) is 3.51. The van der Waals surface area contributed by atoms with Gasteiger partial charge in [0, 0.05) is 13.2 Å². The van der Waals surface area contributed by atoms with Crippen molar-refractivity contribution in [3.05, 3.63) is 35.9 Å². The maximum absolute atomic E-state index is 12.7. The lowest BCUT2D eigenvalue weighted by Gasteiger charge is -2.27. The molecular weight excluding hydrogens is 338 g/mol. The number of amides is 2. The largest absolute Gasteiger partial charge is 0.478 e. The molecule has 2 amide bonds. The number of rotatable bonds is 4. The predicted octanol–water partition coefficient (Wildman–Crippen LogP) is 1.90. The van der Waals surface area contributed by atoms with Gasteiger partial charge in [-0.2, -0.15) is 0 Å². The summed E-state index contributed by atoms with van der Waals surface area (Å²) in [5.41, 5.74) is 1.22. The van der Waals surface area contributed by atoms with E-state index in [2.05, 4.69) is 0 Å². The normalized spacial score (nSPS) is 25.0. The lowest BCUT2D eigenvalue weighted by Crippen LogP contribution is -2.31. The summed E-state index contributed by atoms with van der Waals surface area (Å²) in [5, 5.41) is 8.64. The predicted molar refractivity (Wildman–Crippen MR) is 94.4 cm³/mol. The zero-order valence-electron chi connectivity index (χ0n) is 14.5. The molecule has 3 rings (SSSR count). The minimum atomic E-state index is -1.03. The average molecular weight is 359 g/mol. The Morgan fingerprint density at radius 1 is 1.15 bits per heavy atom. The van der Waals surface area contributed by atoms with Crippen LogP contribution in [0.3, 0.4) is 0 Å². The molecule has 3 unspecified atom stereocenters. The van der Waals surface area contributed by atoms with Crippen molar-refractivity contribution in [2.75, 3.05) is 12.0 Å². The average Bonchev–Trinajstić information content (AvgIpc) is 2.92. The first-order valence-electron chi connectivity index (χ1n) is 8.22. The highest BCUT2D eigenvalue weighted by molar-refractivity contribution is 6.22. The van der Waals surface area contributed by atoms with Gasteiger partial charge < -0.3 is 14.6 Å². The fraction of sp³-hybridized carbons (Fsp3) is 0.368. The Bertz CT molecular complexity index is 711. The summed E-state index contributed by atoms with van der Waals surface area (Å²) in [6.07, 6.45) is 4.59. The summed E-state index contributed by atoms with van der Waals surface area (Å²) in [6, 6.07) is 6.72. The summed E-state index contributed by atoms with van der Waals surface area (Å²) in [5.74, 6) is -1.90. The van der Waals surface area contributed by atoms with Gasteiger partial charge in [0.05, 0.1) is 23.6 Å². The highest BCUT2D eigenvalue weighted by Gasteiger charge is 2.50. The Kier molecular flexibility index (Phi) is 6.41. The van der Waals surface area contributed by atoms with E-state index in [9.17, 15) is 14.4 Å². The van der Waals surface area contributed by atoms with Gasteiger partial charge in [-0.1, -0.05) is 12.1 Å². The molecule has 3 atom stereocenters. The van der Waals surface area contributed by atoms with E-state index in [4.69, 9.17) is 14.6 Å². The number of benzene rings is 1. The molecule has 2 fully saturated rings. The van der Waals surface area contributed by atoms with E-state index in [1.54, 1.807) is 31.4 Å². The minimum Gasteiger partial charge on any atom is -0.478 e. The number of hydrogen-bond acceptors (Lipinski definition) is 5. The Morgan fingerprint density at radius 2 is 1.77 bits per heavy atom. The van der Waals surface area contributed by atoms with Crippen molar-refractivity contribution in [2.24, 2.45) is 11.8 Å². The van der Waals surface area contributed by atoms with Gasteiger partial charge in [-0.05, 0) is 43.0 Å². The maximum atomic E-state index is 12.7. The van der Waals surface area contributed by atoms with Crippen LogP contribution in [0, 0.1) is 11.8 Å². The molecule has 26 heavy (non-hydrogen) atoms. The quantitative estimate of drug-likeness (QED) is 0.651. The molecule has 0 spiro atoms. The van der Waals surface area contributed by atoms with E-state index in [1.807, 2.05) is 6.79 Å². The number of nitrogens with zero attached hydrogens (tertiary/aromatic N) is 1. The van der Waals surface area contributed by atoms with Crippen LogP contribution in [0.1, 0.15) is 24.8 Å². The number of carboxylic acid groups (broad SMARTS) is 1. The summed E-state index contributed by atoms with van der Waals surface area (Å²) in [4.78, 5) is 45.1. The van der Waals surface area contributed by atoms with E-state index in [-0.39, 0.29) is 29.8 Å². The van der Waals surface area contributed by atoms with Crippen molar-refractivity contribution in [3.8, 4) is 0 Å². The van der Waals surface area contributed by atoms with Gasteiger partial charge in [-0.3, -0.25) is 14.5 Å². The Balaban J connectivity index is 0.00000117. The molecular formula is C19H21NO6. The van der Waals surface area contributed by atoms with Crippen LogP contribution in [0.5, 0.6) is 0 Å². The lowest BCUT2D eigenvalue weighted by molar-refractivity contribution is -0.131. The number of aliphatic carboxylic acids is 1. The number of imide groups is 1. The second kappa shape index (κ2) is 8.53. The fourth-order valence-electron chi connectivity index (χ4n) is 3.51. The molecule has 1 aliphatic carbocycles. The molecule has 1 aliphatic heterocycles. The number of carbonyl (C=O) groups is 4. The highest BCUT2D eigenvalue weighted by Crippen LogP contribution is 2.40. The monoisotopic (exact) mass is 359 g/mol. The molecule has 1 saturated heterocycles. The van der Waals surface area contributed by atoms with Gasteiger partial charge in [-0.15, -0.1) is 0 Å². The summed E-state index contributed by atoms with van der Waals surface area (Å²) >= 11 is 0. The Morgan fingerprint density at radius 3 is 2.35 bits per heavy atom. The molecule has 0 aromatic heterocycles. The zero-order valence-corrected chi connectivity index (χ0v) is 14.5. The zero-order chi connectivity index (χ0) is 19.3. The Hall–Kier alpha value is -2.80. The van der Waals surface area contributed by atoms with Crippen LogP contribution >= 0.6 is 0 Å². The summed E-state index contributed by atoms with van der Waals surface area (Å²) in [6.45, 7) is 2.00.